The first-order valence-corrected chi connectivity index (χ1v) is 12.4. The monoisotopic (exact) mass is 477 g/mol. The predicted octanol–water partition coefficient (Wildman–Crippen LogP) is 5.36. The fourth-order valence-electron chi connectivity index (χ4n) is 6.17. The molecule has 3 aliphatic carbocycles. The van der Waals surface area contributed by atoms with Crippen LogP contribution in [0.2, 0.25) is 0 Å². The Labute approximate surface area is 205 Å². The van der Waals surface area contributed by atoms with E-state index in [4.69, 9.17) is 4.74 Å². The average molecular weight is 478 g/mol. The maximum Gasteiger partial charge on any atom is 0.353 e. The Morgan fingerprint density at radius 3 is 1.80 bits per heavy atom. The molecule has 4 aliphatic rings. The van der Waals surface area contributed by atoms with Gasteiger partial charge in [-0.1, -0.05) is 60.7 Å². The smallest absolute Gasteiger partial charge is 0.353 e. The molecule has 6 heteroatoms. The Hall–Kier alpha value is -4.03. The molecule has 8 rings (SSSR count). The topological polar surface area (TPSA) is 63.7 Å². The number of esters is 1. The standard InChI is InChI=1S/C29H19NO4S/c31-27-25-23-18-9-1-2-10-19(18)24(21-12-4-3-11-20(21)23)26(25)28(32)30(27)16-7-5-8-17(15-16)34-29(33)22-13-6-14-35-22/h1-15,23-26H/t23?,24?,25-,26+. The van der Waals surface area contributed by atoms with Gasteiger partial charge in [-0.15, -0.1) is 11.3 Å². The summed E-state index contributed by atoms with van der Waals surface area (Å²) >= 11 is 1.30. The van der Waals surface area contributed by atoms with Gasteiger partial charge in [0.1, 0.15) is 10.6 Å². The Kier molecular flexibility index (Phi) is 4.35. The largest absolute Gasteiger partial charge is 0.422 e. The first-order chi connectivity index (χ1) is 17.1. The van der Waals surface area contributed by atoms with Crippen LogP contribution >= 0.6 is 11.3 Å². The number of hydrogen-bond acceptors (Lipinski definition) is 5. The highest BCUT2D eigenvalue weighted by atomic mass is 32.1. The fourth-order valence-corrected chi connectivity index (χ4v) is 6.77. The second-order valence-electron chi connectivity index (χ2n) is 9.14. The molecule has 0 spiro atoms. The number of carbonyl (C=O) groups excluding carboxylic acids is 3. The number of thiophene rings is 1. The highest BCUT2D eigenvalue weighted by Gasteiger charge is 2.61. The molecular weight excluding hydrogens is 458 g/mol. The average Bonchev–Trinajstić information content (AvgIpc) is 3.52. The van der Waals surface area contributed by atoms with E-state index in [2.05, 4.69) is 24.3 Å². The molecule has 5 nitrogen and oxygen atoms in total. The summed E-state index contributed by atoms with van der Waals surface area (Å²) in [7, 11) is 0. The third-order valence-corrected chi connectivity index (χ3v) is 8.31. The molecule has 170 valence electrons. The molecule has 0 saturated carbocycles. The van der Waals surface area contributed by atoms with Crippen molar-refractivity contribution in [3.8, 4) is 5.75 Å². The van der Waals surface area contributed by atoms with Crippen LogP contribution in [-0.4, -0.2) is 17.8 Å². The molecule has 2 bridgehead atoms. The minimum absolute atomic E-state index is 0.154. The van der Waals surface area contributed by atoms with Crippen molar-refractivity contribution in [2.24, 2.45) is 11.8 Å². The first-order valence-electron chi connectivity index (χ1n) is 11.5. The summed E-state index contributed by atoms with van der Waals surface area (Å²) in [6.45, 7) is 0. The summed E-state index contributed by atoms with van der Waals surface area (Å²) in [6, 6.07) is 26.5. The van der Waals surface area contributed by atoms with Crippen LogP contribution in [0.3, 0.4) is 0 Å². The SMILES string of the molecule is O=C(Oc1cccc(N2C(=O)[C@@H]3C4c5ccccc5C(c5ccccc54)[C@@H]3C2=O)c1)c1cccs1. The molecule has 1 aromatic heterocycles. The minimum atomic E-state index is -0.464. The summed E-state index contributed by atoms with van der Waals surface area (Å²) in [6.07, 6.45) is 0. The van der Waals surface area contributed by atoms with Crippen molar-refractivity contribution in [3.63, 3.8) is 0 Å². The zero-order valence-corrected chi connectivity index (χ0v) is 19.3. The third kappa shape index (κ3) is 2.83. The van der Waals surface area contributed by atoms with Crippen molar-refractivity contribution in [3.05, 3.63) is 117 Å². The molecule has 0 radical (unpaired) electrons. The zero-order chi connectivity index (χ0) is 23.7. The predicted molar refractivity (Wildman–Crippen MR) is 132 cm³/mol. The zero-order valence-electron chi connectivity index (χ0n) is 18.5. The number of rotatable bonds is 3. The van der Waals surface area contributed by atoms with Gasteiger partial charge < -0.3 is 4.74 Å². The number of benzene rings is 3. The molecule has 2 heterocycles. The van der Waals surface area contributed by atoms with Crippen LogP contribution in [0.15, 0.2) is 90.3 Å². The number of carbonyl (C=O) groups is 3. The van der Waals surface area contributed by atoms with Crippen LogP contribution in [-0.2, 0) is 9.59 Å². The van der Waals surface area contributed by atoms with Crippen molar-refractivity contribution < 1.29 is 19.1 Å². The maximum atomic E-state index is 13.9. The summed E-state index contributed by atoms with van der Waals surface area (Å²) in [5.74, 6) is -1.76. The molecule has 0 N–H and O–H groups in total. The van der Waals surface area contributed by atoms with Crippen molar-refractivity contribution in [1.82, 2.24) is 0 Å². The minimum Gasteiger partial charge on any atom is -0.422 e. The van der Waals surface area contributed by atoms with Gasteiger partial charge >= 0.3 is 5.97 Å². The van der Waals surface area contributed by atoms with Crippen molar-refractivity contribution in [2.75, 3.05) is 4.90 Å². The Balaban J connectivity index is 1.29. The summed E-state index contributed by atoms with van der Waals surface area (Å²) in [5.41, 5.74) is 4.98. The van der Waals surface area contributed by atoms with E-state index < -0.39 is 17.8 Å². The van der Waals surface area contributed by atoms with Gasteiger partial charge in [0.25, 0.3) is 0 Å². The van der Waals surface area contributed by atoms with Crippen LogP contribution in [0.4, 0.5) is 5.69 Å². The second kappa shape index (κ2) is 7.48. The Morgan fingerprint density at radius 2 is 1.29 bits per heavy atom. The Morgan fingerprint density at radius 1 is 0.714 bits per heavy atom. The van der Waals surface area contributed by atoms with Crippen LogP contribution < -0.4 is 9.64 Å². The van der Waals surface area contributed by atoms with Gasteiger partial charge in [-0.25, -0.2) is 9.69 Å². The number of nitrogens with zero attached hydrogens (tertiary/aromatic N) is 1. The van der Waals surface area contributed by atoms with Gasteiger partial charge in [0.15, 0.2) is 0 Å². The van der Waals surface area contributed by atoms with E-state index in [9.17, 15) is 14.4 Å². The molecular formula is C29H19NO4S. The summed E-state index contributed by atoms with van der Waals surface area (Å²) < 4.78 is 5.53. The summed E-state index contributed by atoms with van der Waals surface area (Å²) in [4.78, 5) is 42.0. The highest BCUT2D eigenvalue weighted by molar-refractivity contribution is 7.12. The normalized spacial score (nSPS) is 23.6. The molecule has 35 heavy (non-hydrogen) atoms. The number of hydrogen-bond donors (Lipinski definition) is 0. The Bertz CT molecular complexity index is 1410. The van der Waals surface area contributed by atoms with Crippen molar-refractivity contribution in [2.45, 2.75) is 11.8 Å². The van der Waals surface area contributed by atoms with Crippen LogP contribution in [0.5, 0.6) is 5.75 Å². The van der Waals surface area contributed by atoms with E-state index in [0.717, 1.165) is 22.3 Å². The van der Waals surface area contributed by atoms with Gasteiger partial charge in [0.2, 0.25) is 11.8 Å². The molecule has 1 fully saturated rings. The van der Waals surface area contributed by atoms with E-state index >= 15 is 0 Å². The molecule has 0 unspecified atom stereocenters. The lowest BCUT2D eigenvalue weighted by Gasteiger charge is -2.45. The molecule has 2 atom stereocenters. The second-order valence-corrected chi connectivity index (χ2v) is 10.1. The fraction of sp³-hybridized carbons (Fsp3) is 0.138. The number of imide groups is 1. The van der Waals surface area contributed by atoms with Crippen LogP contribution in [0, 0.1) is 11.8 Å². The summed E-state index contributed by atoms with van der Waals surface area (Å²) in [5, 5.41) is 1.81. The lowest BCUT2D eigenvalue weighted by atomic mass is 9.55. The lowest BCUT2D eigenvalue weighted by Crippen LogP contribution is -2.41. The van der Waals surface area contributed by atoms with E-state index in [1.54, 1.807) is 41.8 Å². The highest BCUT2D eigenvalue weighted by Crippen LogP contribution is 2.61. The van der Waals surface area contributed by atoms with Crippen LogP contribution in [0.25, 0.3) is 0 Å². The van der Waals surface area contributed by atoms with E-state index in [0.29, 0.717) is 16.3 Å². The number of amides is 2. The first kappa shape index (κ1) is 20.4. The molecule has 1 saturated heterocycles. The van der Waals surface area contributed by atoms with Crippen molar-refractivity contribution >= 4 is 34.8 Å². The number of anilines is 1. The molecule has 2 amide bonds. The van der Waals surface area contributed by atoms with E-state index in [1.165, 1.54) is 16.2 Å². The quantitative estimate of drug-likeness (QED) is 0.226. The van der Waals surface area contributed by atoms with E-state index in [1.807, 2.05) is 24.3 Å². The third-order valence-electron chi connectivity index (χ3n) is 7.46. The van der Waals surface area contributed by atoms with Crippen molar-refractivity contribution in [1.29, 1.82) is 0 Å². The van der Waals surface area contributed by atoms with Gasteiger partial charge in [-0.3, -0.25) is 9.59 Å². The molecule has 1 aliphatic heterocycles. The lowest BCUT2D eigenvalue weighted by molar-refractivity contribution is -0.122. The van der Waals surface area contributed by atoms with Crippen LogP contribution in [0.1, 0.15) is 43.8 Å². The maximum absolute atomic E-state index is 13.9. The van der Waals surface area contributed by atoms with Gasteiger partial charge in [-0.2, -0.15) is 0 Å². The molecule has 3 aromatic carbocycles. The van der Waals surface area contributed by atoms with Gasteiger partial charge in [0.05, 0.1) is 17.5 Å². The number of ether oxygens (including phenoxy) is 1. The van der Waals surface area contributed by atoms with E-state index in [-0.39, 0.29) is 23.7 Å². The van der Waals surface area contributed by atoms with Gasteiger partial charge in [-0.05, 0) is 45.8 Å². The molecule has 4 aromatic rings. The van der Waals surface area contributed by atoms with Gasteiger partial charge in [0, 0.05) is 17.9 Å².